The van der Waals surface area contributed by atoms with Crippen molar-refractivity contribution in [3.63, 3.8) is 0 Å². The van der Waals surface area contributed by atoms with Crippen LogP contribution in [0.3, 0.4) is 0 Å². The minimum absolute atomic E-state index is 0.0920. The van der Waals surface area contributed by atoms with Crippen molar-refractivity contribution in [3.05, 3.63) is 65.4 Å². The summed E-state index contributed by atoms with van der Waals surface area (Å²) in [5.74, 6) is 3.03. The van der Waals surface area contributed by atoms with Gasteiger partial charge in [-0.15, -0.1) is 10.2 Å². The Hall–Kier alpha value is -3.04. The molecule has 1 unspecified atom stereocenters. The molecule has 0 aromatic carbocycles. The SMILES string of the molecule is CC(C)C(NC(=O)c1ccccn1)c1nnc2n1CCN(Cc1ccc(CO)o1)CC2. The maximum absolute atomic E-state index is 12.7. The Morgan fingerprint density at radius 1 is 1.16 bits per heavy atom. The van der Waals surface area contributed by atoms with Crippen LogP contribution in [-0.2, 0) is 26.1 Å². The van der Waals surface area contributed by atoms with Crippen LogP contribution in [0.4, 0.5) is 0 Å². The lowest BCUT2D eigenvalue weighted by Gasteiger charge is -2.23. The number of aliphatic hydroxyl groups excluding tert-OH is 1. The van der Waals surface area contributed by atoms with Crippen LogP contribution >= 0.6 is 0 Å². The van der Waals surface area contributed by atoms with Crippen molar-refractivity contribution in [2.45, 2.75) is 46.0 Å². The number of nitrogens with zero attached hydrogens (tertiary/aromatic N) is 5. The van der Waals surface area contributed by atoms with E-state index in [4.69, 9.17) is 4.42 Å². The van der Waals surface area contributed by atoms with Crippen molar-refractivity contribution in [1.82, 2.24) is 30.0 Å². The number of hydrogen-bond donors (Lipinski definition) is 2. The summed E-state index contributed by atoms with van der Waals surface area (Å²) in [7, 11) is 0. The van der Waals surface area contributed by atoms with Gasteiger partial charge in [0, 0.05) is 32.3 Å². The first-order valence-electron chi connectivity index (χ1n) is 10.6. The molecule has 0 aliphatic carbocycles. The van der Waals surface area contributed by atoms with E-state index in [1.807, 2.05) is 6.07 Å². The van der Waals surface area contributed by atoms with Crippen LogP contribution < -0.4 is 5.32 Å². The number of nitrogens with one attached hydrogen (secondary N) is 1. The van der Waals surface area contributed by atoms with Gasteiger partial charge in [0.15, 0.2) is 5.82 Å². The summed E-state index contributed by atoms with van der Waals surface area (Å²) in [5.41, 5.74) is 0.385. The molecule has 3 aromatic rings. The smallest absolute Gasteiger partial charge is 0.270 e. The maximum Gasteiger partial charge on any atom is 0.270 e. The largest absolute Gasteiger partial charge is 0.462 e. The monoisotopic (exact) mass is 424 g/mol. The van der Waals surface area contributed by atoms with E-state index in [9.17, 15) is 9.90 Å². The zero-order chi connectivity index (χ0) is 21.8. The molecule has 1 aliphatic rings. The second-order valence-electron chi connectivity index (χ2n) is 8.09. The lowest BCUT2D eigenvalue weighted by Crippen LogP contribution is -2.34. The topological polar surface area (TPSA) is 109 Å². The highest BCUT2D eigenvalue weighted by Gasteiger charge is 2.28. The lowest BCUT2D eigenvalue weighted by atomic mass is 10.0. The number of aliphatic hydroxyl groups is 1. The van der Waals surface area contributed by atoms with Gasteiger partial charge >= 0.3 is 0 Å². The van der Waals surface area contributed by atoms with Gasteiger partial charge in [-0.2, -0.15) is 0 Å². The predicted molar refractivity (Wildman–Crippen MR) is 113 cm³/mol. The number of carbonyl (C=O) groups is 1. The van der Waals surface area contributed by atoms with Gasteiger partial charge in [-0.25, -0.2) is 0 Å². The molecular formula is C22H28N6O3. The van der Waals surface area contributed by atoms with E-state index < -0.39 is 0 Å². The molecule has 0 bridgehead atoms. The minimum Gasteiger partial charge on any atom is -0.462 e. The Labute approximate surface area is 181 Å². The number of aromatic nitrogens is 4. The summed E-state index contributed by atoms with van der Waals surface area (Å²) < 4.78 is 7.76. The summed E-state index contributed by atoms with van der Waals surface area (Å²) in [5, 5.41) is 21.1. The Kier molecular flexibility index (Phi) is 6.43. The van der Waals surface area contributed by atoms with Crippen LogP contribution in [-0.4, -0.2) is 48.8 Å². The van der Waals surface area contributed by atoms with Gasteiger partial charge in [0.25, 0.3) is 5.91 Å². The van der Waals surface area contributed by atoms with Crippen molar-refractivity contribution >= 4 is 5.91 Å². The van der Waals surface area contributed by atoms with Crippen molar-refractivity contribution < 1.29 is 14.3 Å². The standard InChI is InChI=1S/C22H28N6O3/c1-15(2)20(24-22(30)18-5-3-4-9-23-18)21-26-25-19-8-10-27(11-12-28(19)21)13-16-6-7-17(14-29)31-16/h3-7,9,15,20,29H,8,10-14H2,1-2H3,(H,24,30). The van der Waals surface area contributed by atoms with Gasteiger partial charge in [-0.3, -0.25) is 14.7 Å². The molecule has 0 saturated heterocycles. The summed E-state index contributed by atoms with van der Waals surface area (Å²) in [6.45, 7) is 7.08. The molecule has 0 saturated carbocycles. The molecule has 0 spiro atoms. The summed E-state index contributed by atoms with van der Waals surface area (Å²) in [6, 6.07) is 8.73. The highest BCUT2D eigenvalue weighted by atomic mass is 16.4. The summed E-state index contributed by atoms with van der Waals surface area (Å²) in [6.07, 6.45) is 2.37. The molecule has 4 heterocycles. The fraction of sp³-hybridized carbons (Fsp3) is 0.455. The van der Waals surface area contributed by atoms with Gasteiger partial charge in [-0.1, -0.05) is 19.9 Å². The number of fused-ring (bicyclic) bond motifs is 1. The van der Waals surface area contributed by atoms with Crippen LogP contribution in [0.15, 0.2) is 40.9 Å². The molecule has 1 aliphatic heterocycles. The van der Waals surface area contributed by atoms with E-state index in [1.54, 1.807) is 30.5 Å². The first-order valence-corrected chi connectivity index (χ1v) is 10.6. The molecular weight excluding hydrogens is 396 g/mol. The molecule has 1 atom stereocenters. The van der Waals surface area contributed by atoms with Gasteiger partial charge in [0.05, 0.1) is 12.6 Å². The second-order valence-corrected chi connectivity index (χ2v) is 8.09. The van der Waals surface area contributed by atoms with Crippen LogP contribution in [0.2, 0.25) is 0 Å². The number of carbonyl (C=O) groups excluding carboxylic acids is 1. The van der Waals surface area contributed by atoms with E-state index in [0.717, 1.165) is 43.5 Å². The van der Waals surface area contributed by atoms with Crippen molar-refractivity contribution in [2.75, 3.05) is 13.1 Å². The molecule has 31 heavy (non-hydrogen) atoms. The van der Waals surface area contributed by atoms with Crippen LogP contribution in [0.1, 0.15) is 53.5 Å². The average Bonchev–Trinajstić information content (AvgIpc) is 3.35. The van der Waals surface area contributed by atoms with Gasteiger partial charge in [0.1, 0.15) is 29.6 Å². The van der Waals surface area contributed by atoms with E-state index in [2.05, 4.69) is 43.8 Å². The van der Waals surface area contributed by atoms with Gasteiger partial charge < -0.3 is 19.4 Å². The molecule has 164 valence electrons. The van der Waals surface area contributed by atoms with Crippen LogP contribution in [0.25, 0.3) is 0 Å². The summed E-state index contributed by atoms with van der Waals surface area (Å²) >= 11 is 0. The molecule has 9 heteroatoms. The van der Waals surface area contributed by atoms with E-state index >= 15 is 0 Å². The first-order chi connectivity index (χ1) is 15.0. The Balaban J connectivity index is 1.47. The van der Waals surface area contributed by atoms with Crippen molar-refractivity contribution in [2.24, 2.45) is 5.92 Å². The fourth-order valence-electron chi connectivity index (χ4n) is 3.83. The normalized spacial score (nSPS) is 15.5. The highest BCUT2D eigenvalue weighted by Crippen LogP contribution is 2.23. The quantitative estimate of drug-likeness (QED) is 0.596. The lowest BCUT2D eigenvalue weighted by molar-refractivity contribution is 0.0916. The predicted octanol–water partition coefficient (Wildman–Crippen LogP) is 1.94. The number of furan rings is 1. The fourth-order valence-corrected chi connectivity index (χ4v) is 3.83. The van der Waals surface area contributed by atoms with Gasteiger partial charge in [0.2, 0.25) is 0 Å². The number of hydrogen-bond acceptors (Lipinski definition) is 7. The Morgan fingerprint density at radius 3 is 2.71 bits per heavy atom. The van der Waals surface area contributed by atoms with Crippen LogP contribution in [0.5, 0.6) is 0 Å². The van der Waals surface area contributed by atoms with Crippen LogP contribution in [0, 0.1) is 5.92 Å². The molecule has 0 fully saturated rings. The molecule has 4 rings (SSSR count). The number of amides is 1. The molecule has 1 amide bonds. The highest BCUT2D eigenvalue weighted by molar-refractivity contribution is 5.92. The maximum atomic E-state index is 12.7. The average molecular weight is 425 g/mol. The zero-order valence-corrected chi connectivity index (χ0v) is 17.9. The molecule has 2 N–H and O–H groups in total. The number of rotatable bonds is 7. The third kappa shape index (κ3) is 4.83. The Bertz CT molecular complexity index is 1010. The molecule has 3 aromatic heterocycles. The van der Waals surface area contributed by atoms with E-state index in [-0.39, 0.29) is 24.5 Å². The van der Waals surface area contributed by atoms with Crippen molar-refractivity contribution in [1.29, 1.82) is 0 Å². The zero-order valence-electron chi connectivity index (χ0n) is 17.9. The number of pyridine rings is 1. The summed E-state index contributed by atoms with van der Waals surface area (Å²) in [4.78, 5) is 19.2. The second kappa shape index (κ2) is 9.40. The third-order valence-corrected chi connectivity index (χ3v) is 5.53. The van der Waals surface area contributed by atoms with Gasteiger partial charge in [-0.05, 0) is 30.2 Å². The van der Waals surface area contributed by atoms with Crippen molar-refractivity contribution in [3.8, 4) is 0 Å². The third-order valence-electron chi connectivity index (χ3n) is 5.53. The first kappa shape index (κ1) is 21.2. The Morgan fingerprint density at radius 2 is 2.00 bits per heavy atom. The van der Waals surface area contributed by atoms with E-state index in [1.165, 1.54) is 0 Å². The molecule has 0 radical (unpaired) electrons. The molecule has 9 nitrogen and oxygen atoms in total. The van der Waals surface area contributed by atoms with E-state index in [0.29, 0.717) is 18.0 Å². The minimum atomic E-state index is -0.264.